The number of ketones is 1. The molecule has 0 amide bonds. The minimum Gasteiger partial charge on any atom is -0.512 e. The number of pyridine rings is 2. The van der Waals surface area contributed by atoms with E-state index in [-0.39, 0.29) is 47.9 Å². The number of furan rings is 1. The molecule has 5 nitrogen and oxygen atoms in total. The molecule has 0 atom stereocenters. The van der Waals surface area contributed by atoms with Crippen molar-refractivity contribution in [3.63, 3.8) is 0 Å². The minimum atomic E-state index is -0.337. The number of hydrogen-bond acceptors (Lipinski definition) is 6. The number of nitrogens with zero attached hydrogens (tertiary/aromatic N) is 2. The number of hydrogen-bond donors (Lipinski definition) is 1. The van der Waals surface area contributed by atoms with Gasteiger partial charge in [0.25, 0.3) is 0 Å². The largest absolute Gasteiger partial charge is 0.512 e. The zero-order valence-electron chi connectivity index (χ0n) is 30.7. The Morgan fingerprint density at radius 1 is 0.820 bits per heavy atom. The molecule has 2 aromatic carbocycles. The van der Waals surface area contributed by atoms with Crippen molar-refractivity contribution in [1.29, 1.82) is 0 Å². The molecule has 265 valence electrons. The molecule has 1 N–H and O–H groups in total. The van der Waals surface area contributed by atoms with Crippen molar-refractivity contribution in [3.8, 4) is 22.7 Å². The summed E-state index contributed by atoms with van der Waals surface area (Å²) in [4.78, 5) is 21.6. The summed E-state index contributed by atoms with van der Waals surface area (Å²) in [5.41, 5.74) is 4.21. The van der Waals surface area contributed by atoms with Crippen LogP contribution in [0.1, 0.15) is 93.6 Å². The van der Waals surface area contributed by atoms with Crippen LogP contribution >= 0.6 is 11.3 Å². The normalized spacial score (nSPS) is 12.5. The van der Waals surface area contributed by atoms with Gasteiger partial charge in [-0.05, 0) is 60.7 Å². The monoisotopic (exact) mass is 866 g/mol. The molecule has 4 heterocycles. The molecule has 0 saturated heterocycles. The first-order valence-electron chi connectivity index (χ1n) is 17.4. The van der Waals surface area contributed by atoms with Gasteiger partial charge in [0.2, 0.25) is 0 Å². The Hall–Kier alpha value is -3.64. The molecule has 0 saturated carbocycles. The molecule has 0 unspecified atom stereocenters. The zero-order valence-corrected chi connectivity index (χ0v) is 33.9. The fourth-order valence-electron chi connectivity index (χ4n) is 6.05. The van der Waals surface area contributed by atoms with E-state index < -0.39 is 0 Å². The van der Waals surface area contributed by atoms with E-state index in [0.717, 1.165) is 70.1 Å². The van der Waals surface area contributed by atoms with Gasteiger partial charge >= 0.3 is 0 Å². The van der Waals surface area contributed by atoms with Crippen LogP contribution < -0.4 is 0 Å². The van der Waals surface area contributed by atoms with Crippen molar-refractivity contribution in [2.24, 2.45) is 10.8 Å². The van der Waals surface area contributed by atoms with Gasteiger partial charge in [-0.15, -0.1) is 40.5 Å². The summed E-state index contributed by atoms with van der Waals surface area (Å²) >= 11 is 1.71. The summed E-state index contributed by atoms with van der Waals surface area (Å²) in [6.45, 7) is 18.8. The summed E-state index contributed by atoms with van der Waals surface area (Å²) in [5.74, 6) is 1.05. The Morgan fingerprint density at radius 3 is 2.12 bits per heavy atom. The maximum atomic E-state index is 12.2. The predicted octanol–water partition coefficient (Wildman–Crippen LogP) is 12.7. The summed E-state index contributed by atoms with van der Waals surface area (Å²) in [5, 5.41) is 16.6. The molecule has 4 aromatic heterocycles. The Bertz CT molecular complexity index is 2130. The van der Waals surface area contributed by atoms with Crippen LogP contribution in [-0.2, 0) is 30.3 Å². The fraction of sp³-hybridized carbons (Fsp3) is 0.372. The predicted molar refractivity (Wildman–Crippen MR) is 206 cm³/mol. The van der Waals surface area contributed by atoms with Crippen LogP contribution in [0.15, 0.2) is 88.6 Å². The summed E-state index contributed by atoms with van der Waals surface area (Å²) in [6.07, 6.45) is 8.40. The molecule has 1 radical (unpaired) electrons. The van der Waals surface area contributed by atoms with Gasteiger partial charge in [-0.3, -0.25) is 14.8 Å². The first-order chi connectivity index (χ1) is 23.3. The molecule has 0 aliphatic heterocycles. The minimum absolute atomic E-state index is 0. The van der Waals surface area contributed by atoms with Crippen LogP contribution in [0.4, 0.5) is 0 Å². The van der Waals surface area contributed by atoms with Crippen molar-refractivity contribution < 1.29 is 34.4 Å². The Labute approximate surface area is 314 Å². The standard InChI is InChI=1S/C28H21N2OS.C15H28O2.Ir/c1-28(2,3)22-15-18(14-17-6-4-5-7-19(17)22)26-21-16-24(31-23(21)8-11-29-26)27-20-10-13-32-25(20)9-12-30-27;1-7-14(5,8-2)12(16)11-13(17)15(6,9-3)10-4;/h4-13,15-16H,1-3H3;11,16H,7-10H2,1-6H3;/q-1;;/b;12-11-;. The van der Waals surface area contributed by atoms with E-state index in [9.17, 15) is 9.90 Å². The van der Waals surface area contributed by atoms with Crippen LogP contribution in [0, 0.1) is 16.9 Å². The quantitative estimate of drug-likeness (QED) is 0.0890. The van der Waals surface area contributed by atoms with Crippen molar-refractivity contribution in [2.45, 2.75) is 93.4 Å². The number of thiophene rings is 1. The molecule has 50 heavy (non-hydrogen) atoms. The number of rotatable bonds is 9. The molecule has 0 aliphatic carbocycles. The smallest absolute Gasteiger partial charge is 0.164 e. The third-order valence-corrected chi connectivity index (χ3v) is 11.4. The van der Waals surface area contributed by atoms with Crippen molar-refractivity contribution in [3.05, 3.63) is 95.8 Å². The number of benzene rings is 2. The summed E-state index contributed by atoms with van der Waals surface area (Å²) in [6, 6.07) is 22.4. The number of allylic oxidation sites excluding steroid dienone is 2. The van der Waals surface area contributed by atoms with Crippen LogP contribution in [0.25, 0.3) is 54.5 Å². The molecule has 0 fully saturated rings. The van der Waals surface area contributed by atoms with E-state index in [1.165, 1.54) is 21.7 Å². The van der Waals surface area contributed by atoms with E-state index in [2.05, 4.69) is 79.7 Å². The molecule has 6 aromatic rings. The second-order valence-electron chi connectivity index (χ2n) is 14.5. The van der Waals surface area contributed by atoms with Gasteiger partial charge in [-0.25, -0.2) is 0 Å². The van der Waals surface area contributed by atoms with E-state index in [1.807, 2.05) is 66.1 Å². The molecular weight excluding hydrogens is 817 g/mol. The van der Waals surface area contributed by atoms with E-state index >= 15 is 0 Å². The maximum Gasteiger partial charge on any atom is 0.164 e. The van der Waals surface area contributed by atoms with Gasteiger partial charge in [-0.1, -0.05) is 91.5 Å². The summed E-state index contributed by atoms with van der Waals surface area (Å²) < 4.78 is 7.47. The van der Waals surface area contributed by atoms with Crippen molar-refractivity contribution in [1.82, 2.24) is 9.97 Å². The van der Waals surface area contributed by atoms with Gasteiger partial charge in [0.1, 0.15) is 17.0 Å². The third-order valence-electron chi connectivity index (χ3n) is 10.5. The Balaban J connectivity index is 0.000000269. The number of carbonyl (C=O) groups is 1. The first-order valence-corrected chi connectivity index (χ1v) is 18.3. The van der Waals surface area contributed by atoms with Crippen LogP contribution in [0.2, 0.25) is 0 Å². The van der Waals surface area contributed by atoms with Crippen LogP contribution in [-0.4, -0.2) is 20.9 Å². The van der Waals surface area contributed by atoms with Gasteiger partial charge in [0.05, 0.1) is 0 Å². The van der Waals surface area contributed by atoms with Crippen LogP contribution in [0.3, 0.4) is 0 Å². The topological polar surface area (TPSA) is 76.2 Å². The Kier molecular flexibility index (Phi) is 12.3. The molecule has 6 rings (SSSR count). The van der Waals surface area contributed by atoms with Crippen molar-refractivity contribution >= 4 is 48.9 Å². The SMILES string of the molecule is CC(C)(C)c1cc(-c2nccc3oc(-c4nccc5sccc45)cc23)[c-]c2ccccc12.CCC(C)(CC)C(=O)/C=C(\O)C(C)(CC)CC.[Ir]. The van der Waals surface area contributed by atoms with Gasteiger partial charge in [0.15, 0.2) is 11.5 Å². The molecule has 0 bridgehead atoms. The Morgan fingerprint density at radius 2 is 1.46 bits per heavy atom. The molecule has 0 spiro atoms. The van der Waals surface area contributed by atoms with E-state index in [4.69, 9.17) is 9.40 Å². The van der Waals surface area contributed by atoms with Crippen LogP contribution in [0.5, 0.6) is 0 Å². The van der Waals surface area contributed by atoms with Gasteiger partial charge in [0, 0.05) is 70.6 Å². The fourth-order valence-corrected chi connectivity index (χ4v) is 6.83. The third kappa shape index (κ3) is 7.81. The van der Waals surface area contributed by atoms with E-state index in [1.54, 1.807) is 11.3 Å². The van der Waals surface area contributed by atoms with Gasteiger partial charge in [-0.2, -0.15) is 0 Å². The first kappa shape index (κ1) is 39.2. The number of aliphatic hydroxyl groups excluding tert-OH is 1. The second kappa shape index (κ2) is 15.7. The van der Waals surface area contributed by atoms with Gasteiger partial charge < -0.3 is 9.52 Å². The average molecular weight is 866 g/mol. The number of aliphatic hydroxyl groups is 1. The van der Waals surface area contributed by atoms with E-state index in [0.29, 0.717) is 0 Å². The maximum absolute atomic E-state index is 12.2. The number of carbonyl (C=O) groups excluding carboxylic acids is 1. The zero-order chi connectivity index (χ0) is 35.6. The molecule has 7 heteroatoms. The molecule has 0 aliphatic rings. The number of aromatic nitrogens is 2. The number of fused-ring (bicyclic) bond motifs is 3. The molecular formula is C43H49IrN2O3S-. The second-order valence-corrected chi connectivity index (χ2v) is 15.4. The average Bonchev–Trinajstić information content (AvgIpc) is 3.78. The summed E-state index contributed by atoms with van der Waals surface area (Å²) in [7, 11) is 0. The van der Waals surface area contributed by atoms with Crippen molar-refractivity contribution in [2.75, 3.05) is 0 Å².